The van der Waals surface area contributed by atoms with E-state index in [2.05, 4.69) is 30.9 Å². The summed E-state index contributed by atoms with van der Waals surface area (Å²) in [5.74, 6) is 0. The highest BCUT2D eigenvalue weighted by Crippen LogP contribution is 2.24. The Bertz CT molecular complexity index is 1420. The average Bonchev–Trinajstić information content (AvgIpc) is 3.87. The molecule has 6 heterocycles. The number of hydrogen-bond acceptors (Lipinski definition) is 22. The van der Waals surface area contributed by atoms with E-state index in [1.54, 1.807) is 4.90 Å². The molecule has 25 heteroatoms. The molecule has 0 saturated carbocycles. The van der Waals surface area contributed by atoms with Gasteiger partial charge in [0.05, 0.1) is 36.7 Å². The molecule has 6 unspecified atom stereocenters. The van der Waals surface area contributed by atoms with E-state index in [1.165, 1.54) is 32.6 Å². The van der Waals surface area contributed by atoms with Crippen LogP contribution in [0.2, 0.25) is 0 Å². The first-order valence-corrected chi connectivity index (χ1v) is 16.2. The summed E-state index contributed by atoms with van der Waals surface area (Å²) >= 11 is 0. The summed E-state index contributed by atoms with van der Waals surface area (Å²) in [6.07, 6.45) is -18.6. The maximum atomic E-state index is 10.3. The number of aliphatic hydroxyl groups excluding tert-OH is 12. The van der Waals surface area contributed by atoms with Crippen LogP contribution in [0, 0.1) is 0 Å². The minimum atomic E-state index is -1.73. The monoisotopic (exact) mass is 746 g/mol. The van der Waals surface area contributed by atoms with Crippen molar-refractivity contribution in [1.82, 2.24) is 49.9 Å². The Labute approximate surface area is 292 Å². The molecule has 3 saturated heterocycles. The van der Waals surface area contributed by atoms with Crippen LogP contribution >= 0.6 is 0 Å². The first-order valence-electron chi connectivity index (χ1n) is 16.2. The van der Waals surface area contributed by atoms with Gasteiger partial charge in [0.25, 0.3) is 0 Å². The maximum Gasteiger partial charge on any atom is 0.184 e. The molecule has 0 amide bonds. The van der Waals surface area contributed by atoms with Gasteiger partial charge in [-0.1, -0.05) is 15.6 Å². The Kier molecular flexibility index (Phi) is 11.9. The second kappa shape index (κ2) is 16.0. The molecule has 3 aromatic heterocycles. The fourth-order valence-electron chi connectivity index (χ4n) is 6.15. The van der Waals surface area contributed by atoms with Crippen molar-refractivity contribution in [2.75, 3.05) is 0 Å². The Morgan fingerprint density at radius 3 is 0.962 bits per heavy atom. The first kappa shape index (κ1) is 38.5. The van der Waals surface area contributed by atoms with E-state index in [1.807, 2.05) is 0 Å². The van der Waals surface area contributed by atoms with Gasteiger partial charge in [-0.15, -0.1) is 15.3 Å². The topological polar surface area (TPSA) is 366 Å². The summed E-state index contributed by atoms with van der Waals surface area (Å²) in [7, 11) is 0. The second-order valence-corrected chi connectivity index (χ2v) is 13.1. The fourth-order valence-corrected chi connectivity index (χ4v) is 6.15. The molecule has 0 bridgehead atoms. The maximum absolute atomic E-state index is 10.3. The van der Waals surface area contributed by atoms with E-state index in [9.17, 15) is 61.3 Å². The molecule has 3 fully saturated rings. The molecule has 52 heavy (non-hydrogen) atoms. The lowest BCUT2D eigenvalue weighted by Crippen LogP contribution is -2.58. The van der Waals surface area contributed by atoms with Gasteiger partial charge in [0.1, 0.15) is 73.2 Å². The van der Waals surface area contributed by atoms with E-state index in [0.717, 1.165) is 0 Å². The molecule has 6 rings (SSSR count). The lowest BCUT2D eigenvalue weighted by atomic mass is 9.99. The minimum Gasteiger partial charge on any atom is -0.388 e. The SMILES string of the molecule is OC1[C@H](O)OC(Cn2cc(CN(Cc3cn(CC4O[C@@H](O)C(O)[C@@H](O)[C@H]4O)nn3)Cc3cn(CC4O[C@@H](O)C(O)[C@@H](O)[C@H]4O)nn3)nn2)[C@H](O)[C@@H]1O. The third-order valence-corrected chi connectivity index (χ3v) is 9.08. The van der Waals surface area contributed by atoms with Crippen LogP contribution in [-0.2, 0) is 53.5 Å². The van der Waals surface area contributed by atoms with Crippen molar-refractivity contribution in [1.29, 1.82) is 0 Å². The van der Waals surface area contributed by atoms with E-state index >= 15 is 0 Å². The molecule has 3 aromatic rings. The molecule has 290 valence electrons. The van der Waals surface area contributed by atoms with Crippen LogP contribution in [0.1, 0.15) is 17.1 Å². The van der Waals surface area contributed by atoms with Crippen molar-refractivity contribution < 1.29 is 75.5 Å². The molecule has 15 atom stereocenters. The van der Waals surface area contributed by atoms with Crippen molar-refractivity contribution in [3.8, 4) is 0 Å². The van der Waals surface area contributed by atoms with Gasteiger partial charge in [0.2, 0.25) is 0 Å². The van der Waals surface area contributed by atoms with Crippen molar-refractivity contribution in [2.24, 2.45) is 0 Å². The number of aliphatic hydroxyl groups is 12. The fraction of sp³-hybridized carbons (Fsp3) is 0.778. The van der Waals surface area contributed by atoms with Gasteiger partial charge in [-0.05, 0) is 0 Å². The number of nitrogens with zero attached hydrogens (tertiary/aromatic N) is 10. The van der Waals surface area contributed by atoms with Gasteiger partial charge in [0, 0.05) is 38.2 Å². The van der Waals surface area contributed by atoms with Gasteiger partial charge in [-0.3, -0.25) is 4.90 Å². The summed E-state index contributed by atoms with van der Waals surface area (Å²) < 4.78 is 19.6. The lowest BCUT2D eigenvalue weighted by Gasteiger charge is -2.38. The molecular weight excluding hydrogens is 704 g/mol. The highest BCUT2D eigenvalue weighted by Gasteiger charge is 2.45. The zero-order valence-electron chi connectivity index (χ0n) is 27.2. The van der Waals surface area contributed by atoms with Gasteiger partial charge < -0.3 is 75.5 Å². The Balaban J connectivity index is 1.15. The van der Waals surface area contributed by atoms with Gasteiger partial charge in [-0.25, -0.2) is 14.0 Å². The van der Waals surface area contributed by atoms with Crippen LogP contribution in [-0.4, -0.2) is 203 Å². The van der Waals surface area contributed by atoms with Crippen molar-refractivity contribution in [2.45, 2.75) is 131 Å². The van der Waals surface area contributed by atoms with Crippen LogP contribution in [0.25, 0.3) is 0 Å². The molecular formula is C27H42N10O15. The Morgan fingerprint density at radius 1 is 0.423 bits per heavy atom. The van der Waals surface area contributed by atoms with E-state index in [-0.39, 0.29) is 39.3 Å². The number of ether oxygens (including phenoxy) is 3. The van der Waals surface area contributed by atoms with E-state index in [0.29, 0.717) is 17.1 Å². The van der Waals surface area contributed by atoms with Gasteiger partial charge >= 0.3 is 0 Å². The van der Waals surface area contributed by atoms with Crippen molar-refractivity contribution in [3.63, 3.8) is 0 Å². The smallest absolute Gasteiger partial charge is 0.184 e. The van der Waals surface area contributed by atoms with Crippen LogP contribution in [0.5, 0.6) is 0 Å². The van der Waals surface area contributed by atoms with Gasteiger partial charge in [-0.2, -0.15) is 0 Å². The predicted octanol–water partition coefficient (Wildman–Crippen LogP) is -8.94. The molecule has 0 spiro atoms. The number of hydrogen-bond donors (Lipinski definition) is 12. The highest BCUT2D eigenvalue weighted by atomic mass is 16.6. The molecule has 25 nitrogen and oxygen atoms in total. The summed E-state index contributed by atoms with van der Waals surface area (Å²) in [6, 6.07) is 0. The van der Waals surface area contributed by atoms with Crippen LogP contribution in [0.15, 0.2) is 18.6 Å². The summed E-state index contributed by atoms with van der Waals surface area (Å²) in [6.45, 7) is -0.0777. The first-order chi connectivity index (χ1) is 24.7. The third-order valence-electron chi connectivity index (χ3n) is 9.08. The van der Waals surface area contributed by atoms with E-state index < -0.39 is 92.1 Å². The zero-order valence-corrected chi connectivity index (χ0v) is 27.2. The molecule has 0 aromatic carbocycles. The summed E-state index contributed by atoms with van der Waals surface area (Å²) in [5, 5.41) is 145. The van der Waals surface area contributed by atoms with Crippen LogP contribution < -0.4 is 0 Å². The summed E-state index contributed by atoms with van der Waals surface area (Å²) in [4.78, 5) is 1.80. The molecule has 12 N–H and O–H groups in total. The lowest BCUT2D eigenvalue weighted by molar-refractivity contribution is -0.284. The average molecular weight is 747 g/mol. The number of aromatic nitrogens is 9. The molecule has 0 aliphatic carbocycles. The van der Waals surface area contributed by atoms with Crippen molar-refractivity contribution >= 4 is 0 Å². The van der Waals surface area contributed by atoms with Crippen molar-refractivity contribution in [3.05, 3.63) is 35.7 Å². The molecule has 3 aliphatic heterocycles. The molecule has 3 aliphatic rings. The zero-order chi connectivity index (χ0) is 37.4. The largest absolute Gasteiger partial charge is 0.388 e. The van der Waals surface area contributed by atoms with Crippen LogP contribution in [0.4, 0.5) is 0 Å². The predicted molar refractivity (Wildman–Crippen MR) is 160 cm³/mol. The number of rotatable bonds is 12. The van der Waals surface area contributed by atoms with Crippen LogP contribution in [0.3, 0.4) is 0 Å². The normalized spacial score (nSPS) is 38.6. The van der Waals surface area contributed by atoms with Gasteiger partial charge in [0.15, 0.2) is 18.9 Å². The highest BCUT2D eigenvalue weighted by molar-refractivity contribution is 5.01. The minimum absolute atomic E-state index is 0.110. The molecule has 0 radical (unpaired) electrons. The Morgan fingerprint density at radius 2 is 0.692 bits per heavy atom. The standard InChI is InChI=1S/C27H42N10O15/c38-16-13(50-25(47)22(44)19(16)41)7-35-4-10(28-31-35)1-34(2-11-5-36(32-29-11)8-14-17(39)20(42)23(45)26(48)51-14)3-12-6-37(33-30-12)9-15-18(40)21(43)24(46)27(49)52-15/h4-6,13-27,38-49H,1-3,7-9H2/t13?,14?,15?,16-,17-,18-,19-,20-,21-,22?,23?,24?,25+,26+,27+/m0/s1. The quantitative estimate of drug-likeness (QED) is 0.0818. The summed E-state index contributed by atoms with van der Waals surface area (Å²) in [5.41, 5.74) is 1.23. The van der Waals surface area contributed by atoms with E-state index in [4.69, 9.17) is 14.2 Å². The second-order valence-electron chi connectivity index (χ2n) is 13.1. The third kappa shape index (κ3) is 8.44. The Hall–Kier alpha value is -3.22.